The fourth-order valence-electron chi connectivity index (χ4n) is 3.14. The lowest BCUT2D eigenvalue weighted by Gasteiger charge is -2.14. The van der Waals surface area contributed by atoms with Gasteiger partial charge in [-0.05, 0) is 55.0 Å². The molecular formula is C28H32N2O5. The van der Waals surface area contributed by atoms with Crippen LogP contribution >= 0.6 is 0 Å². The number of nitrogens with one attached hydrogen (secondary N) is 2. The van der Waals surface area contributed by atoms with Crippen molar-refractivity contribution in [2.75, 3.05) is 25.1 Å². The lowest BCUT2D eigenvalue weighted by molar-refractivity contribution is -0.118. The summed E-state index contributed by atoms with van der Waals surface area (Å²) in [7, 11) is 0. The van der Waals surface area contributed by atoms with Crippen molar-refractivity contribution in [3.05, 3.63) is 83.9 Å². The third-order valence-corrected chi connectivity index (χ3v) is 5.06. The second kappa shape index (κ2) is 13.0. The highest BCUT2D eigenvalue weighted by Gasteiger charge is 2.12. The first-order valence-electron chi connectivity index (χ1n) is 11.7. The van der Waals surface area contributed by atoms with Crippen molar-refractivity contribution in [2.45, 2.75) is 27.3 Å². The van der Waals surface area contributed by atoms with Crippen molar-refractivity contribution in [1.29, 1.82) is 0 Å². The minimum absolute atomic E-state index is 0.0349. The van der Waals surface area contributed by atoms with Gasteiger partial charge in [0, 0.05) is 23.7 Å². The Balaban J connectivity index is 1.53. The number of carbonyl (C=O) groups is 2. The van der Waals surface area contributed by atoms with Crippen LogP contribution in [0.1, 0.15) is 36.7 Å². The number of hydrogen-bond donors (Lipinski definition) is 2. The van der Waals surface area contributed by atoms with Crippen molar-refractivity contribution in [3.63, 3.8) is 0 Å². The summed E-state index contributed by atoms with van der Waals surface area (Å²) in [5.74, 6) is 1.50. The maximum absolute atomic E-state index is 12.7. The number of para-hydroxylation sites is 1. The lowest BCUT2D eigenvalue weighted by Crippen LogP contribution is -2.23. The van der Waals surface area contributed by atoms with E-state index < -0.39 is 0 Å². The maximum Gasteiger partial charge on any atom is 0.251 e. The Morgan fingerprint density at radius 2 is 1.54 bits per heavy atom. The standard InChI is InChI=1S/C28H32N2O5/c1-4-33-26-18-22(12-15-25(26)35-17-16-34-24-8-6-5-7-9-24)28(32)29-19-21-10-13-23(14-11-21)30-27(31)20(2)3/h5-15,18,20H,4,16-17,19H2,1-3H3,(H,29,32)(H,30,31). The molecule has 7 heteroatoms. The molecule has 35 heavy (non-hydrogen) atoms. The van der Waals surface area contributed by atoms with Crippen LogP contribution in [0.3, 0.4) is 0 Å². The van der Waals surface area contributed by atoms with Gasteiger partial charge in [0.1, 0.15) is 19.0 Å². The first-order valence-corrected chi connectivity index (χ1v) is 11.7. The molecule has 0 atom stereocenters. The van der Waals surface area contributed by atoms with Gasteiger partial charge in [-0.3, -0.25) is 9.59 Å². The van der Waals surface area contributed by atoms with Gasteiger partial charge in [0.25, 0.3) is 5.91 Å². The Bertz CT molecular complexity index is 1100. The highest BCUT2D eigenvalue weighted by Crippen LogP contribution is 2.28. The molecule has 0 bridgehead atoms. The summed E-state index contributed by atoms with van der Waals surface area (Å²) < 4.78 is 17.2. The van der Waals surface area contributed by atoms with Crippen LogP contribution < -0.4 is 24.8 Å². The van der Waals surface area contributed by atoms with Gasteiger partial charge < -0.3 is 24.8 Å². The monoisotopic (exact) mass is 476 g/mol. The van der Waals surface area contributed by atoms with Crippen LogP contribution in [0.25, 0.3) is 0 Å². The van der Waals surface area contributed by atoms with Crippen LogP contribution in [-0.2, 0) is 11.3 Å². The molecule has 0 spiro atoms. The summed E-state index contributed by atoms with van der Waals surface area (Å²) in [4.78, 5) is 24.5. The van der Waals surface area contributed by atoms with Gasteiger partial charge in [-0.15, -0.1) is 0 Å². The molecule has 0 aromatic heterocycles. The molecule has 184 valence electrons. The summed E-state index contributed by atoms with van der Waals surface area (Å²) >= 11 is 0. The summed E-state index contributed by atoms with van der Waals surface area (Å²) in [6.07, 6.45) is 0. The SMILES string of the molecule is CCOc1cc(C(=O)NCc2ccc(NC(=O)C(C)C)cc2)ccc1OCCOc1ccccc1. The van der Waals surface area contributed by atoms with Gasteiger partial charge in [-0.25, -0.2) is 0 Å². The largest absolute Gasteiger partial charge is 0.490 e. The van der Waals surface area contributed by atoms with E-state index in [1.807, 2.05) is 75.4 Å². The van der Waals surface area contributed by atoms with Gasteiger partial charge >= 0.3 is 0 Å². The molecule has 0 saturated carbocycles. The number of rotatable bonds is 12. The predicted octanol–water partition coefficient (Wildman–Crippen LogP) is 5.07. The molecule has 0 aliphatic heterocycles. The quantitative estimate of drug-likeness (QED) is 0.357. The normalized spacial score (nSPS) is 10.5. The molecule has 3 rings (SSSR count). The number of ether oxygens (including phenoxy) is 3. The Morgan fingerprint density at radius 3 is 2.23 bits per heavy atom. The summed E-state index contributed by atoms with van der Waals surface area (Å²) in [5.41, 5.74) is 2.12. The van der Waals surface area contributed by atoms with E-state index in [0.29, 0.717) is 43.4 Å². The van der Waals surface area contributed by atoms with Crippen LogP contribution in [0.4, 0.5) is 5.69 Å². The van der Waals surface area contributed by atoms with E-state index in [9.17, 15) is 9.59 Å². The summed E-state index contributed by atoms with van der Waals surface area (Å²) in [6, 6.07) is 22.0. The molecule has 0 radical (unpaired) electrons. The molecular weight excluding hydrogens is 444 g/mol. The topological polar surface area (TPSA) is 85.9 Å². The number of benzene rings is 3. The molecule has 2 amide bonds. The molecule has 3 aromatic carbocycles. The number of hydrogen-bond acceptors (Lipinski definition) is 5. The van der Waals surface area contributed by atoms with Crippen molar-refractivity contribution >= 4 is 17.5 Å². The Hall–Kier alpha value is -4.00. The fourth-order valence-corrected chi connectivity index (χ4v) is 3.14. The average Bonchev–Trinajstić information content (AvgIpc) is 2.87. The second-order valence-electron chi connectivity index (χ2n) is 8.13. The van der Waals surface area contributed by atoms with Crippen molar-refractivity contribution in [2.24, 2.45) is 5.92 Å². The minimum Gasteiger partial charge on any atom is -0.490 e. The maximum atomic E-state index is 12.7. The second-order valence-corrected chi connectivity index (χ2v) is 8.13. The van der Waals surface area contributed by atoms with Crippen molar-refractivity contribution in [3.8, 4) is 17.2 Å². The van der Waals surface area contributed by atoms with Gasteiger partial charge in [0.15, 0.2) is 11.5 Å². The van der Waals surface area contributed by atoms with Crippen LogP contribution in [-0.4, -0.2) is 31.6 Å². The van der Waals surface area contributed by atoms with Crippen LogP contribution in [0.2, 0.25) is 0 Å². The molecule has 0 heterocycles. The van der Waals surface area contributed by atoms with E-state index in [2.05, 4.69) is 10.6 Å². The van der Waals surface area contributed by atoms with Gasteiger partial charge in [0.2, 0.25) is 5.91 Å². The van der Waals surface area contributed by atoms with Gasteiger partial charge in [0.05, 0.1) is 6.61 Å². The van der Waals surface area contributed by atoms with E-state index in [-0.39, 0.29) is 17.7 Å². The first kappa shape index (κ1) is 25.6. The molecule has 0 aliphatic rings. The van der Waals surface area contributed by atoms with E-state index in [4.69, 9.17) is 14.2 Å². The van der Waals surface area contributed by atoms with E-state index in [1.165, 1.54) is 0 Å². The Morgan fingerprint density at radius 1 is 0.829 bits per heavy atom. The Kier molecular flexibility index (Phi) is 9.54. The molecule has 3 aromatic rings. The molecule has 0 aliphatic carbocycles. The first-order chi connectivity index (χ1) is 17.0. The van der Waals surface area contributed by atoms with Crippen LogP contribution in [0, 0.1) is 5.92 Å². The summed E-state index contributed by atoms with van der Waals surface area (Å²) in [5, 5.41) is 5.76. The van der Waals surface area contributed by atoms with Gasteiger partial charge in [-0.2, -0.15) is 0 Å². The molecule has 0 fully saturated rings. The van der Waals surface area contributed by atoms with Crippen molar-refractivity contribution < 1.29 is 23.8 Å². The van der Waals surface area contributed by atoms with Gasteiger partial charge in [-0.1, -0.05) is 44.2 Å². The van der Waals surface area contributed by atoms with Crippen LogP contribution in [0.5, 0.6) is 17.2 Å². The minimum atomic E-state index is -0.220. The van der Waals surface area contributed by atoms with Crippen molar-refractivity contribution in [1.82, 2.24) is 5.32 Å². The fraction of sp³-hybridized carbons (Fsp3) is 0.286. The average molecular weight is 477 g/mol. The highest BCUT2D eigenvalue weighted by atomic mass is 16.5. The number of anilines is 1. The highest BCUT2D eigenvalue weighted by molar-refractivity contribution is 5.95. The number of amides is 2. The third kappa shape index (κ3) is 8.07. The number of carbonyl (C=O) groups excluding carboxylic acids is 2. The summed E-state index contributed by atoms with van der Waals surface area (Å²) in [6.45, 7) is 7.09. The van der Waals surface area contributed by atoms with Crippen LogP contribution in [0.15, 0.2) is 72.8 Å². The van der Waals surface area contributed by atoms with E-state index in [1.54, 1.807) is 18.2 Å². The molecule has 0 saturated heterocycles. The predicted molar refractivity (Wildman–Crippen MR) is 136 cm³/mol. The molecule has 0 unspecified atom stereocenters. The molecule has 7 nitrogen and oxygen atoms in total. The van der Waals surface area contributed by atoms with E-state index in [0.717, 1.165) is 17.0 Å². The lowest BCUT2D eigenvalue weighted by atomic mass is 10.1. The zero-order valence-corrected chi connectivity index (χ0v) is 20.4. The molecule has 2 N–H and O–H groups in total. The third-order valence-electron chi connectivity index (χ3n) is 5.06. The Labute approximate surface area is 206 Å². The van der Waals surface area contributed by atoms with E-state index >= 15 is 0 Å². The zero-order valence-electron chi connectivity index (χ0n) is 20.4. The smallest absolute Gasteiger partial charge is 0.251 e. The zero-order chi connectivity index (χ0) is 25.0.